The van der Waals surface area contributed by atoms with E-state index in [1.54, 1.807) is 0 Å². The van der Waals surface area contributed by atoms with Crippen LogP contribution in [-0.2, 0) is 6.42 Å². The average Bonchev–Trinajstić information content (AvgIpc) is 2.17. The van der Waals surface area contributed by atoms with Gasteiger partial charge in [0.05, 0.1) is 11.6 Å². The fraction of sp³-hybridized carbons (Fsp3) is 0.500. The molecule has 80 valence electrons. The number of benzene rings is 1. The van der Waals surface area contributed by atoms with Gasteiger partial charge in [-0.1, -0.05) is 32.9 Å². The molecule has 0 aliphatic rings. The van der Waals surface area contributed by atoms with Gasteiger partial charge in [-0.15, -0.1) is 0 Å². The summed E-state index contributed by atoms with van der Waals surface area (Å²) in [7, 11) is 0. The Morgan fingerprint density at radius 1 is 1.13 bits per heavy atom. The van der Waals surface area contributed by atoms with E-state index in [1.165, 1.54) is 18.4 Å². The molecule has 0 fully saturated rings. The van der Waals surface area contributed by atoms with E-state index in [0.717, 1.165) is 12.0 Å². The monoisotopic (exact) mass is 201 g/mol. The van der Waals surface area contributed by atoms with Crippen LogP contribution in [0.2, 0.25) is 0 Å². The molecular weight excluding hydrogens is 182 g/mol. The van der Waals surface area contributed by atoms with Crippen LogP contribution in [-0.4, -0.2) is 0 Å². The number of hydrogen-bond acceptors (Lipinski definition) is 1. The lowest BCUT2D eigenvalue weighted by Crippen LogP contribution is -2.04. The average molecular weight is 201 g/mol. The van der Waals surface area contributed by atoms with Crippen molar-refractivity contribution in [2.45, 2.75) is 40.0 Å². The van der Waals surface area contributed by atoms with E-state index in [-0.39, 0.29) is 0 Å². The molecule has 0 bridgehead atoms. The number of rotatable bonds is 3. The summed E-state index contributed by atoms with van der Waals surface area (Å²) in [6, 6.07) is 10.0. The largest absolute Gasteiger partial charge is 0.192 e. The van der Waals surface area contributed by atoms with Crippen molar-refractivity contribution in [2.75, 3.05) is 0 Å². The molecule has 0 amide bonds. The van der Waals surface area contributed by atoms with Crippen molar-refractivity contribution in [2.24, 2.45) is 5.41 Å². The first-order valence-corrected chi connectivity index (χ1v) is 5.50. The third-order valence-corrected chi connectivity index (χ3v) is 2.48. The lowest BCUT2D eigenvalue weighted by molar-refractivity contribution is 0.365. The second-order valence-electron chi connectivity index (χ2n) is 5.22. The Balaban J connectivity index is 2.42. The second kappa shape index (κ2) is 4.98. The molecule has 1 aromatic rings. The summed E-state index contributed by atoms with van der Waals surface area (Å²) in [4.78, 5) is 0. The van der Waals surface area contributed by atoms with Gasteiger partial charge in [-0.05, 0) is 42.4 Å². The molecule has 0 atom stereocenters. The van der Waals surface area contributed by atoms with E-state index < -0.39 is 0 Å². The summed E-state index contributed by atoms with van der Waals surface area (Å²) in [5.74, 6) is 0. The first-order chi connectivity index (χ1) is 7.01. The van der Waals surface area contributed by atoms with Crippen molar-refractivity contribution >= 4 is 0 Å². The van der Waals surface area contributed by atoms with E-state index in [4.69, 9.17) is 5.26 Å². The zero-order chi connectivity index (χ0) is 11.3. The first kappa shape index (κ1) is 11.8. The topological polar surface area (TPSA) is 23.8 Å². The van der Waals surface area contributed by atoms with Gasteiger partial charge in [-0.3, -0.25) is 0 Å². The summed E-state index contributed by atoms with van der Waals surface area (Å²) >= 11 is 0. The van der Waals surface area contributed by atoms with Crippen LogP contribution in [0.5, 0.6) is 0 Å². The molecule has 15 heavy (non-hydrogen) atoms. The summed E-state index contributed by atoms with van der Waals surface area (Å²) < 4.78 is 0. The Bertz CT molecular complexity index is 335. The normalized spacial score (nSPS) is 11.1. The number of nitriles is 1. The lowest BCUT2D eigenvalue weighted by Gasteiger charge is -2.17. The van der Waals surface area contributed by atoms with Gasteiger partial charge in [0, 0.05) is 0 Å². The van der Waals surface area contributed by atoms with E-state index in [2.05, 4.69) is 39.0 Å². The lowest BCUT2D eigenvalue weighted by atomic mass is 9.89. The Hall–Kier alpha value is -1.29. The van der Waals surface area contributed by atoms with Crippen molar-refractivity contribution in [3.63, 3.8) is 0 Å². The summed E-state index contributed by atoms with van der Waals surface area (Å²) in [6.45, 7) is 6.81. The molecule has 0 unspecified atom stereocenters. The summed E-state index contributed by atoms with van der Waals surface area (Å²) in [5, 5.41) is 8.66. The molecule has 0 saturated carbocycles. The van der Waals surface area contributed by atoms with Gasteiger partial charge in [0.25, 0.3) is 0 Å². The molecular formula is C14H19N. The molecule has 0 N–H and O–H groups in total. The minimum absolute atomic E-state index is 0.423. The van der Waals surface area contributed by atoms with E-state index in [1.807, 2.05) is 12.1 Å². The van der Waals surface area contributed by atoms with Gasteiger partial charge in [-0.25, -0.2) is 0 Å². The molecule has 0 aliphatic heterocycles. The van der Waals surface area contributed by atoms with Crippen LogP contribution in [0.3, 0.4) is 0 Å². The Morgan fingerprint density at radius 3 is 2.20 bits per heavy atom. The zero-order valence-electron chi connectivity index (χ0n) is 9.88. The Morgan fingerprint density at radius 2 is 1.73 bits per heavy atom. The molecule has 0 aromatic heterocycles. The zero-order valence-corrected chi connectivity index (χ0v) is 9.88. The van der Waals surface area contributed by atoms with Crippen LogP contribution in [0.25, 0.3) is 0 Å². The maximum Gasteiger partial charge on any atom is 0.0991 e. The second-order valence-corrected chi connectivity index (χ2v) is 5.22. The first-order valence-electron chi connectivity index (χ1n) is 5.50. The number of aryl methyl sites for hydroxylation is 1. The van der Waals surface area contributed by atoms with Crippen LogP contribution < -0.4 is 0 Å². The Labute approximate surface area is 92.7 Å². The smallest absolute Gasteiger partial charge is 0.0991 e. The van der Waals surface area contributed by atoms with Crippen LogP contribution >= 0.6 is 0 Å². The molecule has 0 aliphatic carbocycles. The fourth-order valence-corrected chi connectivity index (χ4v) is 1.57. The van der Waals surface area contributed by atoms with E-state index >= 15 is 0 Å². The van der Waals surface area contributed by atoms with Crippen molar-refractivity contribution < 1.29 is 0 Å². The standard InChI is InChI=1S/C14H19N/c1-14(2,3)10-4-5-12-6-8-13(11-15)9-7-12/h6-9H,4-5,10H2,1-3H3. The number of nitrogens with zero attached hydrogens (tertiary/aromatic N) is 1. The molecule has 0 heterocycles. The predicted octanol–water partition coefficient (Wildman–Crippen LogP) is 3.93. The van der Waals surface area contributed by atoms with Gasteiger partial charge >= 0.3 is 0 Å². The molecule has 0 spiro atoms. The van der Waals surface area contributed by atoms with Crippen molar-refractivity contribution in [3.8, 4) is 6.07 Å². The van der Waals surface area contributed by atoms with Crippen molar-refractivity contribution in [1.29, 1.82) is 5.26 Å². The molecule has 1 aromatic carbocycles. The van der Waals surface area contributed by atoms with Gasteiger partial charge in [0.15, 0.2) is 0 Å². The van der Waals surface area contributed by atoms with Crippen LogP contribution in [0, 0.1) is 16.7 Å². The van der Waals surface area contributed by atoms with Crippen LogP contribution in [0.15, 0.2) is 24.3 Å². The highest BCUT2D eigenvalue weighted by Gasteiger charge is 2.08. The van der Waals surface area contributed by atoms with E-state index in [0.29, 0.717) is 5.41 Å². The third kappa shape index (κ3) is 4.65. The quantitative estimate of drug-likeness (QED) is 0.727. The van der Waals surface area contributed by atoms with Crippen molar-refractivity contribution in [3.05, 3.63) is 35.4 Å². The maximum atomic E-state index is 8.66. The van der Waals surface area contributed by atoms with Gasteiger partial charge in [0.2, 0.25) is 0 Å². The Kier molecular flexibility index (Phi) is 3.91. The van der Waals surface area contributed by atoms with Gasteiger partial charge < -0.3 is 0 Å². The van der Waals surface area contributed by atoms with Gasteiger partial charge in [0.1, 0.15) is 0 Å². The maximum absolute atomic E-state index is 8.66. The molecule has 0 radical (unpaired) electrons. The van der Waals surface area contributed by atoms with Crippen molar-refractivity contribution in [1.82, 2.24) is 0 Å². The predicted molar refractivity (Wildman–Crippen MR) is 63.6 cm³/mol. The van der Waals surface area contributed by atoms with Gasteiger partial charge in [-0.2, -0.15) is 5.26 Å². The summed E-state index contributed by atoms with van der Waals surface area (Å²) in [5.41, 5.74) is 2.50. The highest BCUT2D eigenvalue weighted by molar-refractivity contribution is 5.31. The molecule has 1 rings (SSSR count). The fourth-order valence-electron chi connectivity index (χ4n) is 1.57. The molecule has 1 heteroatoms. The highest BCUT2D eigenvalue weighted by Crippen LogP contribution is 2.21. The van der Waals surface area contributed by atoms with Crippen LogP contribution in [0.4, 0.5) is 0 Å². The van der Waals surface area contributed by atoms with Crippen LogP contribution in [0.1, 0.15) is 44.7 Å². The van der Waals surface area contributed by atoms with E-state index in [9.17, 15) is 0 Å². The SMILES string of the molecule is CC(C)(C)CCCc1ccc(C#N)cc1. The molecule has 0 saturated heterocycles. The molecule has 1 nitrogen and oxygen atoms in total. The number of hydrogen-bond donors (Lipinski definition) is 0. The minimum Gasteiger partial charge on any atom is -0.192 e. The minimum atomic E-state index is 0.423. The summed E-state index contributed by atoms with van der Waals surface area (Å²) in [6.07, 6.45) is 3.57. The highest BCUT2D eigenvalue weighted by atomic mass is 14.2. The third-order valence-electron chi connectivity index (χ3n) is 2.48.